The van der Waals surface area contributed by atoms with Crippen LogP contribution in [0.5, 0.6) is 0 Å². The Labute approximate surface area is 209 Å². The molecule has 2 aromatic carbocycles. The van der Waals surface area contributed by atoms with E-state index in [4.69, 9.17) is 23.2 Å². The summed E-state index contributed by atoms with van der Waals surface area (Å²) in [5, 5.41) is 3.15. The van der Waals surface area contributed by atoms with Crippen molar-refractivity contribution >= 4 is 50.7 Å². The van der Waals surface area contributed by atoms with Gasteiger partial charge in [-0.1, -0.05) is 48.7 Å². The van der Waals surface area contributed by atoms with Gasteiger partial charge in [0, 0.05) is 18.1 Å². The van der Waals surface area contributed by atoms with Gasteiger partial charge in [0.1, 0.15) is 18.4 Å². The van der Waals surface area contributed by atoms with Gasteiger partial charge in [0.25, 0.3) is 0 Å². The average Bonchev–Trinajstić information content (AvgIpc) is 2.76. The van der Waals surface area contributed by atoms with E-state index < -0.39 is 34.3 Å². The highest BCUT2D eigenvalue weighted by Crippen LogP contribution is 2.30. The van der Waals surface area contributed by atoms with Crippen molar-refractivity contribution in [3.8, 4) is 0 Å². The van der Waals surface area contributed by atoms with Gasteiger partial charge in [-0.05, 0) is 49.2 Å². The smallest absolute Gasteiger partial charge is 0.244 e. The predicted molar refractivity (Wildman–Crippen MR) is 133 cm³/mol. The van der Waals surface area contributed by atoms with Crippen LogP contribution in [0, 0.1) is 5.82 Å². The molecule has 186 valence electrons. The topological polar surface area (TPSA) is 86.8 Å². The number of nitrogens with zero attached hydrogens (tertiary/aromatic N) is 2. The third-order valence-electron chi connectivity index (χ3n) is 5.12. The molecule has 1 N–H and O–H groups in total. The molecule has 0 saturated heterocycles. The molecule has 1 atom stereocenters. The summed E-state index contributed by atoms with van der Waals surface area (Å²) < 4.78 is 39.3. The molecule has 0 bridgehead atoms. The highest BCUT2D eigenvalue weighted by atomic mass is 35.5. The number of halogens is 3. The minimum absolute atomic E-state index is 0.0204. The number of carbonyl (C=O) groups is 2. The quantitative estimate of drug-likeness (QED) is 0.439. The molecule has 0 saturated carbocycles. The Balaban J connectivity index is 2.37. The van der Waals surface area contributed by atoms with Gasteiger partial charge in [-0.15, -0.1) is 0 Å². The van der Waals surface area contributed by atoms with Gasteiger partial charge in [0.05, 0.1) is 17.0 Å². The van der Waals surface area contributed by atoms with Crippen molar-refractivity contribution < 1.29 is 22.4 Å². The second kappa shape index (κ2) is 12.4. The van der Waals surface area contributed by atoms with Crippen LogP contribution in [0.3, 0.4) is 0 Å². The molecule has 7 nitrogen and oxygen atoms in total. The van der Waals surface area contributed by atoms with E-state index in [1.807, 2.05) is 6.92 Å². The van der Waals surface area contributed by atoms with Gasteiger partial charge in [0.15, 0.2) is 0 Å². The van der Waals surface area contributed by atoms with Gasteiger partial charge < -0.3 is 10.2 Å². The van der Waals surface area contributed by atoms with Crippen LogP contribution in [-0.2, 0) is 26.2 Å². The lowest BCUT2D eigenvalue weighted by Gasteiger charge is -2.31. The first-order valence-corrected chi connectivity index (χ1v) is 13.3. The molecule has 2 amide bonds. The first-order valence-electron chi connectivity index (χ1n) is 10.7. The normalized spacial score (nSPS) is 12.2. The van der Waals surface area contributed by atoms with Crippen LogP contribution in [-0.4, -0.2) is 50.5 Å². The van der Waals surface area contributed by atoms with Crippen LogP contribution >= 0.6 is 23.2 Å². The van der Waals surface area contributed by atoms with Crippen molar-refractivity contribution in [3.63, 3.8) is 0 Å². The largest absolute Gasteiger partial charge is 0.354 e. The highest BCUT2D eigenvalue weighted by molar-refractivity contribution is 7.92. The van der Waals surface area contributed by atoms with Gasteiger partial charge in [-0.25, -0.2) is 12.8 Å². The van der Waals surface area contributed by atoms with Crippen molar-refractivity contribution in [2.75, 3.05) is 23.7 Å². The maximum absolute atomic E-state index is 13.4. The van der Waals surface area contributed by atoms with Gasteiger partial charge in [0.2, 0.25) is 21.8 Å². The number of hydrogen-bond donors (Lipinski definition) is 1. The van der Waals surface area contributed by atoms with Crippen LogP contribution in [0.25, 0.3) is 0 Å². The molecule has 0 radical (unpaired) electrons. The molecular formula is C23H28Cl2FN3O4S. The van der Waals surface area contributed by atoms with Crippen molar-refractivity contribution in [2.45, 2.75) is 39.3 Å². The van der Waals surface area contributed by atoms with Gasteiger partial charge >= 0.3 is 0 Å². The first-order chi connectivity index (χ1) is 15.9. The Morgan fingerprint density at radius 2 is 1.76 bits per heavy atom. The third-order valence-corrected chi connectivity index (χ3v) is 6.78. The van der Waals surface area contributed by atoms with Crippen LogP contribution in [0.1, 0.15) is 32.3 Å². The van der Waals surface area contributed by atoms with Crippen molar-refractivity contribution in [3.05, 3.63) is 63.9 Å². The van der Waals surface area contributed by atoms with Crippen molar-refractivity contribution in [1.29, 1.82) is 0 Å². The van der Waals surface area contributed by atoms with Crippen LogP contribution in [0.2, 0.25) is 10.0 Å². The molecule has 0 aromatic heterocycles. The second-order valence-electron chi connectivity index (χ2n) is 7.83. The Bertz CT molecular complexity index is 1110. The van der Waals surface area contributed by atoms with Gasteiger partial charge in [-0.3, -0.25) is 13.9 Å². The summed E-state index contributed by atoms with van der Waals surface area (Å²) in [6, 6.07) is 8.84. The van der Waals surface area contributed by atoms with Crippen LogP contribution in [0.15, 0.2) is 42.5 Å². The number of rotatable bonds is 11. The molecule has 11 heteroatoms. The monoisotopic (exact) mass is 531 g/mol. The number of anilines is 1. The summed E-state index contributed by atoms with van der Waals surface area (Å²) in [5.74, 6) is -1.44. The fraction of sp³-hybridized carbons (Fsp3) is 0.391. The molecule has 0 aliphatic carbocycles. The highest BCUT2D eigenvalue weighted by Gasteiger charge is 2.30. The molecule has 0 aliphatic rings. The third kappa shape index (κ3) is 7.85. The fourth-order valence-corrected chi connectivity index (χ4v) is 4.61. The lowest BCUT2D eigenvalue weighted by atomic mass is 10.1. The standard InChI is InChI=1S/C23H28Cl2FN3O4S/c1-4-5-12-27-23(31)16(2)28(14-17-6-9-19(26)10-7-17)22(30)15-29(34(3,32)33)21-11-8-18(24)13-20(21)25/h6-11,13,16H,4-5,12,14-15H2,1-3H3,(H,27,31)/t16-/m1/s1. The second-order valence-corrected chi connectivity index (χ2v) is 10.6. The summed E-state index contributed by atoms with van der Waals surface area (Å²) in [4.78, 5) is 27.4. The van der Waals surface area contributed by atoms with E-state index in [2.05, 4.69) is 5.32 Å². The van der Waals surface area contributed by atoms with Crippen molar-refractivity contribution in [1.82, 2.24) is 10.2 Å². The Morgan fingerprint density at radius 3 is 2.32 bits per heavy atom. The van der Waals surface area contributed by atoms with E-state index in [1.54, 1.807) is 6.92 Å². The zero-order chi connectivity index (χ0) is 25.5. The number of amides is 2. The molecule has 0 heterocycles. The predicted octanol–water partition coefficient (Wildman–Crippen LogP) is 4.23. The SMILES string of the molecule is CCCCNC(=O)[C@@H](C)N(Cc1ccc(F)cc1)C(=O)CN(c1ccc(Cl)cc1Cl)S(C)(=O)=O. The first kappa shape index (κ1) is 27.9. The molecule has 2 rings (SSSR count). The molecule has 0 unspecified atom stereocenters. The van der Waals surface area contributed by atoms with E-state index >= 15 is 0 Å². The molecule has 0 spiro atoms. The van der Waals surface area contributed by atoms with E-state index in [-0.39, 0.29) is 23.2 Å². The van der Waals surface area contributed by atoms with Crippen molar-refractivity contribution in [2.24, 2.45) is 0 Å². The summed E-state index contributed by atoms with van der Waals surface area (Å²) in [7, 11) is -3.92. The number of hydrogen-bond acceptors (Lipinski definition) is 4. The maximum Gasteiger partial charge on any atom is 0.244 e. The summed E-state index contributed by atoms with van der Waals surface area (Å²) in [6.45, 7) is 3.39. The van der Waals surface area contributed by atoms with E-state index in [0.717, 1.165) is 23.4 Å². The fourth-order valence-electron chi connectivity index (χ4n) is 3.18. The lowest BCUT2D eigenvalue weighted by molar-refractivity contribution is -0.139. The molecule has 2 aromatic rings. The van der Waals surface area contributed by atoms with E-state index in [9.17, 15) is 22.4 Å². The lowest BCUT2D eigenvalue weighted by Crippen LogP contribution is -2.51. The van der Waals surface area contributed by atoms with Gasteiger partial charge in [-0.2, -0.15) is 0 Å². The summed E-state index contributed by atoms with van der Waals surface area (Å²) in [6.07, 6.45) is 2.62. The van der Waals surface area contributed by atoms with E-state index in [1.165, 1.54) is 47.4 Å². The molecule has 34 heavy (non-hydrogen) atoms. The molecular weight excluding hydrogens is 504 g/mol. The summed E-state index contributed by atoms with van der Waals surface area (Å²) >= 11 is 12.1. The number of benzene rings is 2. The Morgan fingerprint density at radius 1 is 1.12 bits per heavy atom. The number of sulfonamides is 1. The molecule has 0 fully saturated rings. The average molecular weight is 532 g/mol. The summed E-state index contributed by atoms with van der Waals surface area (Å²) in [5.41, 5.74) is 0.669. The number of carbonyl (C=O) groups excluding carboxylic acids is 2. The maximum atomic E-state index is 13.4. The Hall–Kier alpha value is -2.36. The van der Waals surface area contributed by atoms with Crippen LogP contribution < -0.4 is 9.62 Å². The van der Waals surface area contributed by atoms with Crippen LogP contribution in [0.4, 0.5) is 10.1 Å². The number of unbranched alkanes of at least 4 members (excludes halogenated alkanes) is 1. The zero-order valence-corrected chi connectivity index (χ0v) is 21.6. The Kier molecular flexibility index (Phi) is 10.1. The zero-order valence-electron chi connectivity index (χ0n) is 19.2. The number of nitrogens with one attached hydrogen (secondary N) is 1. The van der Waals surface area contributed by atoms with E-state index in [0.29, 0.717) is 17.1 Å². The minimum Gasteiger partial charge on any atom is -0.354 e. The minimum atomic E-state index is -3.92. The molecule has 0 aliphatic heterocycles.